The normalized spacial score (nSPS) is 12.0. The van der Waals surface area contributed by atoms with Gasteiger partial charge in [-0.2, -0.15) is 0 Å². The molecule has 218 valence electrons. The molecule has 1 atom stereocenters. The smallest absolute Gasteiger partial charge is 0.244 e. The molecule has 3 aromatic carbocycles. The number of Topliss-reactive ketones (excluding diaryl/α,β-unsaturated/α-hetero) is 1. The van der Waals surface area contributed by atoms with Crippen LogP contribution in [0.4, 0.5) is 5.69 Å². The number of carbonyl (C=O) groups excluding carboxylic acids is 3. The van der Waals surface area contributed by atoms with E-state index in [0.717, 1.165) is 26.2 Å². The van der Waals surface area contributed by atoms with Crippen LogP contribution in [0.5, 0.6) is 0 Å². The van der Waals surface area contributed by atoms with Crippen molar-refractivity contribution in [1.82, 2.24) is 10.2 Å². The van der Waals surface area contributed by atoms with Crippen molar-refractivity contribution in [2.45, 2.75) is 39.8 Å². The summed E-state index contributed by atoms with van der Waals surface area (Å²) in [6, 6.07) is 22.0. The van der Waals surface area contributed by atoms with Crippen molar-refractivity contribution in [2.24, 2.45) is 5.92 Å². The highest BCUT2D eigenvalue weighted by molar-refractivity contribution is 9.10. The van der Waals surface area contributed by atoms with Crippen LogP contribution in [-0.4, -0.2) is 56.3 Å². The largest absolute Gasteiger partial charge is 0.354 e. The van der Waals surface area contributed by atoms with Crippen LogP contribution in [0.1, 0.15) is 42.3 Å². The molecule has 0 fully saturated rings. The van der Waals surface area contributed by atoms with E-state index in [-0.39, 0.29) is 36.3 Å². The Balaban J connectivity index is 2.06. The molecule has 3 aromatic rings. The first kappa shape index (κ1) is 32.0. The molecule has 3 rings (SSSR count). The highest BCUT2D eigenvalue weighted by Gasteiger charge is 2.33. The Labute approximate surface area is 250 Å². The van der Waals surface area contributed by atoms with Crippen LogP contribution < -0.4 is 9.62 Å². The van der Waals surface area contributed by atoms with E-state index in [1.807, 2.05) is 68.4 Å². The molecule has 1 N–H and O–H groups in total. The second kappa shape index (κ2) is 14.4. The molecule has 10 heteroatoms. The minimum Gasteiger partial charge on any atom is -0.354 e. The zero-order valence-electron chi connectivity index (χ0n) is 23.7. The van der Waals surface area contributed by atoms with E-state index < -0.39 is 28.5 Å². The maximum Gasteiger partial charge on any atom is 0.244 e. The number of ketones is 1. The van der Waals surface area contributed by atoms with Gasteiger partial charge in [-0.15, -0.1) is 0 Å². The minimum atomic E-state index is -3.93. The van der Waals surface area contributed by atoms with Gasteiger partial charge < -0.3 is 10.2 Å². The lowest BCUT2D eigenvalue weighted by atomic mass is 10.0. The molecule has 0 aromatic heterocycles. The number of anilines is 1. The fraction of sp³-hybridized carbons (Fsp3) is 0.323. The van der Waals surface area contributed by atoms with Crippen molar-refractivity contribution in [1.29, 1.82) is 0 Å². The molecule has 0 spiro atoms. The standard InChI is InChI=1S/C31H36BrN3O5S/c1-22(2)19-33-31(38)29(17-24-9-6-5-7-10-24)34(20-25-13-15-27(32)16-14-25)30(37)21-35(41(4,39)40)28-12-8-11-26(18-28)23(3)36/h5-16,18,22,29H,17,19-21H2,1-4H3,(H,33,38)/t29-/m0/s1. The van der Waals surface area contributed by atoms with E-state index in [4.69, 9.17) is 0 Å². The first-order valence-electron chi connectivity index (χ1n) is 13.3. The number of nitrogens with one attached hydrogen (secondary N) is 1. The maximum absolute atomic E-state index is 14.1. The zero-order valence-corrected chi connectivity index (χ0v) is 26.1. The first-order chi connectivity index (χ1) is 19.3. The van der Waals surface area contributed by atoms with Gasteiger partial charge in [-0.3, -0.25) is 18.7 Å². The van der Waals surface area contributed by atoms with E-state index in [1.54, 1.807) is 12.1 Å². The van der Waals surface area contributed by atoms with E-state index in [0.29, 0.717) is 12.1 Å². The maximum atomic E-state index is 14.1. The molecule has 0 aliphatic carbocycles. The summed E-state index contributed by atoms with van der Waals surface area (Å²) in [6.45, 7) is 5.33. The Morgan fingerprint density at radius 1 is 0.902 bits per heavy atom. The van der Waals surface area contributed by atoms with E-state index in [9.17, 15) is 22.8 Å². The number of rotatable bonds is 13. The summed E-state index contributed by atoms with van der Waals surface area (Å²) in [6.07, 6.45) is 1.25. The lowest BCUT2D eigenvalue weighted by Gasteiger charge is -2.33. The van der Waals surface area contributed by atoms with Crippen molar-refractivity contribution in [3.05, 3.63) is 100 Å². The summed E-state index contributed by atoms with van der Waals surface area (Å²) in [5.41, 5.74) is 2.16. The van der Waals surface area contributed by atoms with Crippen LogP contribution in [0.2, 0.25) is 0 Å². The summed E-state index contributed by atoms with van der Waals surface area (Å²) in [5, 5.41) is 2.96. The molecule has 0 bridgehead atoms. The van der Waals surface area contributed by atoms with Crippen LogP contribution in [0.25, 0.3) is 0 Å². The van der Waals surface area contributed by atoms with Gasteiger partial charge in [0.25, 0.3) is 0 Å². The second-order valence-corrected chi connectivity index (χ2v) is 13.2. The van der Waals surface area contributed by atoms with Crippen molar-refractivity contribution in [3.63, 3.8) is 0 Å². The van der Waals surface area contributed by atoms with E-state index in [1.165, 1.54) is 24.0 Å². The lowest BCUT2D eigenvalue weighted by molar-refractivity contribution is -0.140. The molecule has 0 saturated heterocycles. The minimum absolute atomic E-state index is 0.0871. The van der Waals surface area contributed by atoms with Crippen LogP contribution >= 0.6 is 15.9 Å². The monoisotopic (exact) mass is 641 g/mol. The van der Waals surface area contributed by atoms with Crippen LogP contribution in [0, 0.1) is 5.92 Å². The molecular formula is C31H36BrN3O5S. The Bertz CT molecular complexity index is 1460. The predicted octanol–water partition coefficient (Wildman–Crippen LogP) is 4.83. The van der Waals surface area contributed by atoms with Crippen molar-refractivity contribution in [2.75, 3.05) is 23.7 Å². The SMILES string of the molecule is CC(=O)c1cccc(N(CC(=O)N(Cc2ccc(Br)cc2)[C@@H](Cc2ccccc2)C(=O)NCC(C)C)S(C)(=O)=O)c1. The lowest BCUT2D eigenvalue weighted by Crippen LogP contribution is -2.53. The summed E-state index contributed by atoms with van der Waals surface area (Å²) >= 11 is 3.43. The number of nitrogens with zero attached hydrogens (tertiary/aromatic N) is 2. The van der Waals surface area contributed by atoms with Gasteiger partial charge in [0.15, 0.2) is 5.78 Å². The quantitative estimate of drug-likeness (QED) is 0.269. The molecule has 0 saturated carbocycles. The highest BCUT2D eigenvalue weighted by atomic mass is 79.9. The van der Waals surface area contributed by atoms with Gasteiger partial charge in [-0.05, 0) is 48.2 Å². The summed E-state index contributed by atoms with van der Waals surface area (Å²) < 4.78 is 27.7. The number of carbonyl (C=O) groups is 3. The summed E-state index contributed by atoms with van der Waals surface area (Å²) in [7, 11) is -3.93. The molecule has 41 heavy (non-hydrogen) atoms. The van der Waals surface area contributed by atoms with Gasteiger partial charge in [0.2, 0.25) is 21.8 Å². The number of hydrogen-bond acceptors (Lipinski definition) is 5. The topological polar surface area (TPSA) is 104 Å². The predicted molar refractivity (Wildman–Crippen MR) is 165 cm³/mol. The Kier molecular flexibility index (Phi) is 11.3. The highest BCUT2D eigenvalue weighted by Crippen LogP contribution is 2.22. The fourth-order valence-corrected chi connectivity index (χ4v) is 5.36. The van der Waals surface area contributed by atoms with Gasteiger partial charge in [-0.25, -0.2) is 8.42 Å². The Morgan fingerprint density at radius 2 is 1.56 bits per heavy atom. The Hall–Kier alpha value is -3.50. The first-order valence-corrected chi connectivity index (χ1v) is 15.9. The average Bonchev–Trinajstić information content (AvgIpc) is 2.93. The third-order valence-electron chi connectivity index (χ3n) is 6.44. The van der Waals surface area contributed by atoms with Crippen LogP contribution in [-0.2, 0) is 32.6 Å². The number of halogens is 1. The van der Waals surface area contributed by atoms with Crippen molar-refractivity contribution >= 4 is 49.2 Å². The number of benzene rings is 3. The molecular weight excluding hydrogens is 606 g/mol. The Morgan fingerprint density at radius 3 is 2.15 bits per heavy atom. The molecule has 0 unspecified atom stereocenters. The van der Waals surface area contributed by atoms with Gasteiger partial charge in [0.05, 0.1) is 11.9 Å². The molecule has 2 amide bonds. The zero-order chi connectivity index (χ0) is 30.2. The molecule has 0 radical (unpaired) electrons. The van der Waals surface area contributed by atoms with Crippen molar-refractivity contribution in [3.8, 4) is 0 Å². The average molecular weight is 643 g/mol. The van der Waals surface area contributed by atoms with E-state index >= 15 is 0 Å². The molecule has 8 nitrogen and oxygen atoms in total. The number of hydrogen-bond donors (Lipinski definition) is 1. The van der Waals surface area contributed by atoms with Crippen LogP contribution in [0.15, 0.2) is 83.3 Å². The van der Waals surface area contributed by atoms with Crippen molar-refractivity contribution < 1.29 is 22.8 Å². The van der Waals surface area contributed by atoms with Gasteiger partial charge in [0, 0.05) is 29.5 Å². The van der Waals surface area contributed by atoms with E-state index in [2.05, 4.69) is 21.2 Å². The van der Waals surface area contributed by atoms with Gasteiger partial charge in [0.1, 0.15) is 12.6 Å². The summed E-state index contributed by atoms with van der Waals surface area (Å²) in [5.74, 6) is -0.904. The third kappa shape index (κ3) is 9.54. The van der Waals surface area contributed by atoms with Crippen LogP contribution in [0.3, 0.4) is 0 Å². The summed E-state index contributed by atoms with van der Waals surface area (Å²) in [4.78, 5) is 41.2. The van der Waals surface area contributed by atoms with Gasteiger partial charge >= 0.3 is 0 Å². The molecule has 0 aliphatic rings. The molecule has 0 heterocycles. The van der Waals surface area contributed by atoms with Gasteiger partial charge in [-0.1, -0.05) is 84.4 Å². The second-order valence-electron chi connectivity index (χ2n) is 10.4. The number of amides is 2. The molecule has 0 aliphatic heterocycles. The fourth-order valence-electron chi connectivity index (χ4n) is 4.26. The third-order valence-corrected chi connectivity index (χ3v) is 8.11. The number of sulfonamides is 1.